The molecule has 0 bridgehead atoms. The number of aromatic nitrogens is 1. The lowest BCUT2D eigenvalue weighted by Gasteiger charge is -2.09. The first-order chi connectivity index (χ1) is 9.42. The molecule has 0 unspecified atom stereocenters. The van der Waals surface area contributed by atoms with Gasteiger partial charge in [0.05, 0.1) is 16.3 Å². The maximum atomic E-state index is 12.5. The van der Waals surface area contributed by atoms with Gasteiger partial charge in [-0.05, 0) is 48.7 Å². The van der Waals surface area contributed by atoms with Crippen LogP contribution >= 0.6 is 0 Å². The summed E-state index contributed by atoms with van der Waals surface area (Å²) in [6.45, 7) is 4.00. The molecular weight excluding hydrogens is 272 g/mol. The fraction of sp³-hybridized carbons (Fsp3) is 0.267. The van der Waals surface area contributed by atoms with E-state index in [9.17, 15) is 8.42 Å². The van der Waals surface area contributed by atoms with Crippen molar-refractivity contribution in [1.29, 1.82) is 0 Å². The van der Waals surface area contributed by atoms with Gasteiger partial charge in [-0.25, -0.2) is 8.42 Å². The largest absolute Gasteiger partial charge is 0.325 e. The molecule has 1 heterocycles. The van der Waals surface area contributed by atoms with Gasteiger partial charge in [0.25, 0.3) is 0 Å². The summed E-state index contributed by atoms with van der Waals surface area (Å²) in [5.41, 5.74) is 8.63. The van der Waals surface area contributed by atoms with E-state index in [4.69, 9.17) is 5.73 Å². The van der Waals surface area contributed by atoms with Gasteiger partial charge in [0, 0.05) is 12.7 Å². The standard InChI is InChI=1S/C15H18N2O2S/c1-11-3-4-12(2)15(7-11)20(18,19)10-13-5-6-17-14(8-13)9-16/h3-8H,9-10,16H2,1-2H3. The lowest BCUT2D eigenvalue weighted by Crippen LogP contribution is -2.08. The van der Waals surface area contributed by atoms with E-state index in [1.54, 1.807) is 24.4 Å². The topological polar surface area (TPSA) is 73.0 Å². The van der Waals surface area contributed by atoms with Crippen molar-refractivity contribution in [1.82, 2.24) is 4.98 Å². The van der Waals surface area contributed by atoms with Crippen LogP contribution in [0.3, 0.4) is 0 Å². The molecule has 0 amide bonds. The molecule has 2 aromatic rings. The van der Waals surface area contributed by atoms with Gasteiger partial charge in [0.2, 0.25) is 0 Å². The van der Waals surface area contributed by atoms with Gasteiger partial charge in [-0.1, -0.05) is 12.1 Å². The molecule has 2 rings (SSSR count). The van der Waals surface area contributed by atoms with E-state index in [0.29, 0.717) is 22.7 Å². The van der Waals surface area contributed by atoms with E-state index in [1.807, 2.05) is 26.0 Å². The minimum absolute atomic E-state index is 0.0349. The number of sulfone groups is 1. The quantitative estimate of drug-likeness (QED) is 0.936. The summed E-state index contributed by atoms with van der Waals surface area (Å²) in [7, 11) is -3.36. The molecule has 0 aliphatic rings. The maximum absolute atomic E-state index is 12.5. The van der Waals surface area contributed by atoms with Gasteiger partial charge >= 0.3 is 0 Å². The van der Waals surface area contributed by atoms with Crippen LogP contribution in [0.5, 0.6) is 0 Å². The Bertz CT molecular complexity index is 724. The molecule has 1 aromatic heterocycles. The summed E-state index contributed by atoms with van der Waals surface area (Å²) in [6, 6.07) is 8.91. The van der Waals surface area contributed by atoms with Crippen molar-refractivity contribution < 1.29 is 8.42 Å². The van der Waals surface area contributed by atoms with Crippen molar-refractivity contribution in [3.05, 3.63) is 58.9 Å². The summed E-state index contributed by atoms with van der Waals surface area (Å²) in [5.74, 6) is -0.0349. The number of hydrogen-bond acceptors (Lipinski definition) is 4. The Kier molecular flexibility index (Phi) is 4.20. The fourth-order valence-corrected chi connectivity index (χ4v) is 3.77. The summed E-state index contributed by atoms with van der Waals surface area (Å²) in [6.07, 6.45) is 1.59. The molecule has 20 heavy (non-hydrogen) atoms. The highest BCUT2D eigenvalue weighted by molar-refractivity contribution is 7.90. The van der Waals surface area contributed by atoms with E-state index in [-0.39, 0.29) is 5.75 Å². The second kappa shape index (κ2) is 5.73. The van der Waals surface area contributed by atoms with Gasteiger partial charge in [-0.3, -0.25) is 4.98 Å². The van der Waals surface area contributed by atoms with Crippen molar-refractivity contribution in [3.8, 4) is 0 Å². The van der Waals surface area contributed by atoms with Gasteiger partial charge in [-0.15, -0.1) is 0 Å². The highest BCUT2D eigenvalue weighted by Crippen LogP contribution is 2.21. The Labute approximate surface area is 119 Å². The van der Waals surface area contributed by atoms with Crippen LogP contribution in [-0.2, 0) is 22.1 Å². The third-order valence-corrected chi connectivity index (χ3v) is 4.95. The molecule has 0 fully saturated rings. The summed E-state index contributed by atoms with van der Waals surface area (Å²) in [5, 5.41) is 0. The van der Waals surface area contributed by atoms with E-state index < -0.39 is 9.84 Å². The zero-order valence-electron chi connectivity index (χ0n) is 11.6. The molecule has 0 saturated heterocycles. The highest BCUT2D eigenvalue weighted by atomic mass is 32.2. The van der Waals surface area contributed by atoms with Gasteiger partial charge < -0.3 is 5.73 Å². The molecule has 1 aromatic carbocycles. The predicted octanol–water partition coefficient (Wildman–Crippen LogP) is 2.13. The summed E-state index contributed by atoms with van der Waals surface area (Å²) in [4.78, 5) is 4.46. The molecule has 4 nitrogen and oxygen atoms in total. The molecule has 0 aliphatic carbocycles. The highest BCUT2D eigenvalue weighted by Gasteiger charge is 2.18. The lowest BCUT2D eigenvalue weighted by atomic mass is 10.2. The number of rotatable bonds is 4. The minimum Gasteiger partial charge on any atom is -0.325 e. The number of nitrogens with two attached hydrogens (primary N) is 1. The van der Waals surface area contributed by atoms with Gasteiger partial charge in [0.1, 0.15) is 0 Å². The van der Waals surface area contributed by atoms with Gasteiger partial charge in [0.15, 0.2) is 9.84 Å². The Morgan fingerprint density at radius 1 is 1.15 bits per heavy atom. The van der Waals surface area contributed by atoms with Crippen LogP contribution in [-0.4, -0.2) is 13.4 Å². The average molecular weight is 290 g/mol. The van der Waals surface area contributed by atoms with Crippen LogP contribution in [0.2, 0.25) is 0 Å². The molecular formula is C15H18N2O2S. The van der Waals surface area contributed by atoms with E-state index >= 15 is 0 Å². The number of hydrogen-bond donors (Lipinski definition) is 1. The van der Waals surface area contributed by atoms with Gasteiger partial charge in [-0.2, -0.15) is 0 Å². The van der Waals surface area contributed by atoms with Crippen LogP contribution in [0.25, 0.3) is 0 Å². The number of aryl methyl sites for hydroxylation is 2. The summed E-state index contributed by atoms with van der Waals surface area (Å²) >= 11 is 0. The molecule has 0 atom stereocenters. The second-order valence-corrected chi connectivity index (χ2v) is 6.85. The molecule has 0 aliphatic heterocycles. The van der Waals surface area contributed by atoms with Crippen LogP contribution in [0.1, 0.15) is 22.4 Å². The summed E-state index contributed by atoms with van der Waals surface area (Å²) < 4.78 is 25.0. The zero-order chi connectivity index (χ0) is 14.8. The van der Waals surface area contributed by atoms with Crippen molar-refractivity contribution in [3.63, 3.8) is 0 Å². The fourth-order valence-electron chi connectivity index (χ4n) is 2.07. The normalized spacial score (nSPS) is 11.6. The smallest absolute Gasteiger partial charge is 0.182 e. The monoisotopic (exact) mass is 290 g/mol. The molecule has 0 radical (unpaired) electrons. The Morgan fingerprint density at radius 3 is 2.60 bits per heavy atom. The molecule has 0 spiro atoms. The average Bonchev–Trinajstić information content (AvgIpc) is 2.41. The van der Waals surface area contributed by atoms with E-state index in [2.05, 4.69) is 4.98 Å². The zero-order valence-corrected chi connectivity index (χ0v) is 12.4. The van der Waals surface area contributed by atoms with Crippen LogP contribution in [0.4, 0.5) is 0 Å². The lowest BCUT2D eigenvalue weighted by molar-refractivity contribution is 0.594. The number of benzene rings is 1. The number of nitrogens with zero attached hydrogens (tertiary/aromatic N) is 1. The second-order valence-electron chi connectivity index (χ2n) is 4.89. The Hall–Kier alpha value is -1.72. The van der Waals surface area contributed by atoms with Crippen LogP contribution < -0.4 is 5.73 Å². The third kappa shape index (κ3) is 3.23. The molecule has 0 saturated carbocycles. The molecule has 2 N–H and O–H groups in total. The molecule has 5 heteroatoms. The Morgan fingerprint density at radius 2 is 1.90 bits per heavy atom. The SMILES string of the molecule is Cc1ccc(C)c(S(=O)(=O)Cc2ccnc(CN)c2)c1. The van der Waals surface area contributed by atoms with E-state index in [1.165, 1.54) is 0 Å². The van der Waals surface area contributed by atoms with Crippen molar-refractivity contribution in [2.24, 2.45) is 5.73 Å². The third-order valence-electron chi connectivity index (χ3n) is 3.13. The van der Waals surface area contributed by atoms with E-state index in [0.717, 1.165) is 11.1 Å². The van der Waals surface area contributed by atoms with Crippen molar-refractivity contribution in [2.45, 2.75) is 31.0 Å². The Balaban J connectivity index is 2.38. The molecule has 106 valence electrons. The first-order valence-electron chi connectivity index (χ1n) is 6.36. The van der Waals surface area contributed by atoms with Crippen LogP contribution in [0, 0.1) is 13.8 Å². The number of pyridine rings is 1. The first kappa shape index (κ1) is 14.7. The minimum atomic E-state index is -3.36. The first-order valence-corrected chi connectivity index (χ1v) is 8.01. The van der Waals surface area contributed by atoms with Crippen LogP contribution in [0.15, 0.2) is 41.4 Å². The van der Waals surface area contributed by atoms with Crippen molar-refractivity contribution >= 4 is 9.84 Å². The maximum Gasteiger partial charge on any atom is 0.182 e. The predicted molar refractivity (Wildman–Crippen MR) is 78.9 cm³/mol. The van der Waals surface area contributed by atoms with Crippen molar-refractivity contribution in [2.75, 3.05) is 0 Å².